The number of anilines is 1. The number of piperazine rings is 1. The molecule has 6 rings (SSSR count). The number of aromatic amines is 1. The minimum absolute atomic E-state index is 0.00361. The van der Waals surface area contributed by atoms with Crippen LogP contribution in [0.15, 0.2) is 30.6 Å². The highest BCUT2D eigenvalue weighted by Gasteiger charge is 2.40. The van der Waals surface area contributed by atoms with Gasteiger partial charge in [0.25, 0.3) is 0 Å². The molecule has 0 radical (unpaired) electrons. The molecule has 2 aliphatic heterocycles. The summed E-state index contributed by atoms with van der Waals surface area (Å²) in [6.45, 7) is 10.0. The molecule has 168 valence electrons. The maximum atomic E-state index is 6.17. The lowest BCUT2D eigenvalue weighted by Gasteiger charge is -2.42. The molecule has 3 fully saturated rings. The van der Waals surface area contributed by atoms with Crippen molar-refractivity contribution < 1.29 is 4.74 Å². The zero-order valence-electron chi connectivity index (χ0n) is 18.9. The third-order valence-electron chi connectivity index (χ3n) is 7.10. The van der Waals surface area contributed by atoms with E-state index in [1.807, 2.05) is 12.1 Å². The smallest absolute Gasteiger partial charge is 0.132 e. The molecule has 0 unspecified atom stereocenters. The molecule has 2 saturated heterocycles. The van der Waals surface area contributed by atoms with Gasteiger partial charge in [0.15, 0.2) is 0 Å². The molecular weight excluding hydrogens is 402 g/mol. The molecule has 1 aliphatic carbocycles. The highest BCUT2D eigenvalue weighted by atomic mass is 16.5. The first-order valence-electron chi connectivity index (χ1n) is 11.7. The largest absolute Gasteiger partial charge is 0.488 e. The Labute approximate surface area is 188 Å². The van der Waals surface area contributed by atoms with E-state index < -0.39 is 0 Å². The fourth-order valence-electron chi connectivity index (χ4n) is 4.93. The van der Waals surface area contributed by atoms with Gasteiger partial charge in [0, 0.05) is 57.3 Å². The summed E-state index contributed by atoms with van der Waals surface area (Å²) in [6.07, 6.45) is 3.89. The first-order chi connectivity index (χ1) is 15.5. The molecule has 0 spiro atoms. The van der Waals surface area contributed by atoms with E-state index >= 15 is 0 Å². The summed E-state index contributed by atoms with van der Waals surface area (Å²) in [5.74, 6) is 2.71. The summed E-state index contributed by atoms with van der Waals surface area (Å²) in [4.78, 5) is 16.5. The van der Waals surface area contributed by atoms with E-state index in [1.165, 1.54) is 19.6 Å². The van der Waals surface area contributed by atoms with Crippen molar-refractivity contribution in [3.8, 4) is 17.1 Å². The first-order valence-corrected chi connectivity index (χ1v) is 11.7. The van der Waals surface area contributed by atoms with E-state index in [2.05, 4.69) is 61.0 Å². The molecule has 1 saturated carbocycles. The molecule has 4 heterocycles. The number of benzene rings is 1. The minimum atomic E-state index is -0.00361. The van der Waals surface area contributed by atoms with Crippen LogP contribution >= 0.6 is 0 Å². The lowest BCUT2D eigenvalue weighted by atomic mass is 10.0. The Bertz CT molecular complexity index is 1110. The van der Waals surface area contributed by atoms with Crippen molar-refractivity contribution in [1.82, 2.24) is 30.0 Å². The molecule has 1 aromatic carbocycles. The fraction of sp³-hybridized carbons (Fsp3) is 0.542. The number of hydrogen-bond donors (Lipinski definition) is 1. The van der Waals surface area contributed by atoms with E-state index in [1.54, 1.807) is 6.33 Å². The van der Waals surface area contributed by atoms with Gasteiger partial charge in [-0.15, -0.1) is 0 Å². The van der Waals surface area contributed by atoms with Crippen molar-refractivity contribution in [2.75, 3.05) is 57.8 Å². The molecule has 0 amide bonds. The zero-order valence-corrected chi connectivity index (χ0v) is 18.9. The maximum Gasteiger partial charge on any atom is 0.132 e. The third kappa shape index (κ3) is 3.93. The molecule has 3 aromatic rings. The number of ether oxygens (including phenoxy) is 1. The quantitative estimate of drug-likeness (QED) is 0.641. The first kappa shape index (κ1) is 19.9. The molecule has 32 heavy (non-hydrogen) atoms. The van der Waals surface area contributed by atoms with Crippen molar-refractivity contribution in [3.05, 3.63) is 30.6 Å². The van der Waals surface area contributed by atoms with Gasteiger partial charge in [-0.05, 0) is 50.9 Å². The van der Waals surface area contributed by atoms with E-state index in [9.17, 15) is 0 Å². The number of nitrogens with one attached hydrogen (secondary N) is 1. The second-order valence-corrected chi connectivity index (χ2v) is 9.97. The Morgan fingerprint density at radius 2 is 1.91 bits per heavy atom. The number of rotatable bonds is 6. The Hall–Kier alpha value is -2.71. The Kier molecular flexibility index (Phi) is 4.80. The van der Waals surface area contributed by atoms with Gasteiger partial charge in [0.05, 0.1) is 11.2 Å². The van der Waals surface area contributed by atoms with Crippen molar-refractivity contribution in [3.63, 3.8) is 0 Å². The summed E-state index contributed by atoms with van der Waals surface area (Å²) >= 11 is 0. The minimum Gasteiger partial charge on any atom is -0.488 e. The average molecular weight is 434 g/mol. The van der Waals surface area contributed by atoms with Gasteiger partial charge in [-0.1, -0.05) is 0 Å². The Morgan fingerprint density at radius 3 is 2.66 bits per heavy atom. The molecular formula is C24H31N7O. The number of hydrogen-bond acceptors (Lipinski definition) is 7. The van der Waals surface area contributed by atoms with Crippen LogP contribution in [-0.2, 0) is 0 Å². The van der Waals surface area contributed by atoms with Crippen LogP contribution in [0.3, 0.4) is 0 Å². The molecule has 3 aliphatic rings. The zero-order chi connectivity index (χ0) is 21.7. The number of likely N-dealkylation sites (tertiary alicyclic amines) is 1. The summed E-state index contributed by atoms with van der Waals surface area (Å²) in [6, 6.07) is 8.20. The maximum absolute atomic E-state index is 6.17. The van der Waals surface area contributed by atoms with Crippen LogP contribution in [-0.4, -0.2) is 88.4 Å². The van der Waals surface area contributed by atoms with E-state index in [0.717, 1.165) is 78.8 Å². The average Bonchev–Trinajstić information content (AvgIpc) is 3.35. The van der Waals surface area contributed by atoms with Crippen LogP contribution in [0.1, 0.15) is 19.8 Å². The monoisotopic (exact) mass is 433 g/mol. The van der Waals surface area contributed by atoms with Crippen LogP contribution in [0, 0.1) is 5.92 Å². The van der Waals surface area contributed by atoms with Crippen molar-refractivity contribution in [2.45, 2.75) is 25.4 Å². The van der Waals surface area contributed by atoms with Gasteiger partial charge in [0.1, 0.15) is 29.2 Å². The summed E-state index contributed by atoms with van der Waals surface area (Å²) in [7, 11) is 2.20. The second kappa shape index (κ2) is 7.71. The summed E-state index contributed by atoms with van der Waals surface area (Å²) in [5.41, 5.74) is 2.68. The van der Waals surface area contributed by atoms with Crippen LogP contribution in [0.25, 0.3) is 22.3 Å². The molecule has 1 N–H and O–H groups in total. The third-order valence-corrected chi connectivity index (χ3v) is 7.10. The summed E-state index contributed by atoms with van der Waals surface area (Å²) in [5, 5.41) is 8.74. The number of fused-ring (bicyclic) bond motifs is 1. The van der Waals surface area contributed by atoms with E-state index in [0.29, 0.717) is 0 Å². The van der Waals surface area contributed by atoms with Crippen molar-refractivity contribution in [2.24, 2.45) is 5.92 Å². The predicted octanol–water partition coefficient (Wildman–Crippen LogP) is 2.63. The SMILES string of the molecule is CN1CC(CN2CCN(c3cc(-c4n[nH]c5ccc(OC6(C)CC6)cc45)ncn3)CC2)C1. The topological polar surface area (TPSA) is 73.4 Å². The molecule has 0 bridgehead atoms. The van der Waals surface area contributed by atoms with Gasteiger partial charge in [-0.25, -0.2) is 9.97 Å². The van der Waals surface area contributed by atoms with Gasteiger partial charge in [0.2, 0.25) is 0 Å². The highest BCUT2D eigenvalue weighted by Crippen LogP contribution is 2.40. The highest BCUT2D eigenvalue weighted by molar-refractivity contribution is 5.93. The normalized spacial score (nSPS) is 21.6. The van der Waals surface area contributed by atoms with Gasteiger partial charge < -0.3 is 14.5 Å². The van der Waals surface area contributed by atoms with E-state index in [4.69, 9.17) is 4.74 Å². The van der Waals surface area contributed by atoms with E-state index in [-0.39, 0.29) is 5.60 Å². The van der Waals surface area contributed by atoms with Crippen LogP contribution in [0.2, 0.25) is 0 Å². The summed E-state index contributed by atoms with van der Waals surface area (Å²) < 4.78 is 6.17. The lowest BCUT2D eigenvalue weighted by molar-refractivity contribution is 0.0882. The van der Waals surface area contributed by atoms with Gasteiger partial charge in [-0.2, -0.15) is 5.10 Å². The molecule has 8 heteroatoms. The molecule has 0 atom stereocenters. The fourth-order valence-corrected chi connectivity index (χ4v) is 4.93. The van der Waals surface area contributed by atoms with Crippen molar-refractivity contribution in [1.29, 1.82) is 0 Å². The van der Waals surface area contributed by atoms with Crippen LogP contribution < -0.4 is 9.64 Å². The molecule has 8 nitrogen and oxygen atoms in total. The van der Waals surface area contributed by atoms with Gasteiger partial charge >= 0.3 is 0 Å². The predicted molar refractivity (Wildman–Crippen MR) is 125 cm³/mol. The standard InChI is InChI=1S/C24H31N7O/c1-24(5-6-24)32-18-3-4-20-19(11-18)23(28-27-20)21-12-22(26-16-25-21)31-9-7-30(8-10-31)15-17-13-29(2)14-17/h3-4,11-12,16-17H,5-10,13-15H2,1-2H3,(H,27,28). The number of nitrogens with zero attached hydrogens (tertiary/aromatic N) is 6. The Balaban J connectivity index is 1.18. The number of H-pyrrole nitrogens is 1. The molecule has 2 aromatic heterocycles. The number of aromatic nitrogens is 4. The van der Waals surface area contributed by atoms with Crippen molar-refractivity contribution >= 4 is 16.7 Å². The van der Waals surface area contributed by atoms with Crippen LogP contribution in [0.4, 0.5) is 5.82 Å². The second-order valence-electron chi connectivity index (χ2n) is 9.97. The lowest BCUT2D eigenvalue weighted by Crippen LogP contribution is -2.53. The Morgan fingerprint density at radius 1 is 1.09 bits per heavy atom. The van der Waals surface area contributed by atoms with Crippen LogP contribution in [0.5, 0.6) is 5.75 Å². The van der Waals surface area contributed by atoms with Gasteiger partial charge in [-0.3, -0.25) is 10.00 Å².